The van der Waals surface area contributed by atoms with Crippen molar-refractivity contribution in [3.05, 3.63) is 54.0 Å². The summed E-state index contributed by atoms with van der Waals surface area (Å²) >= 11 is 0. The van der Waals surface area contributed by atoms with Gasteiger partial charge in [-0.05, 0) is 44.2 Å². The van der Waals surface area contributed by atoms with Gasteiger partial charge >= 0.3 is 0 Å². The molecule has 3 heteroatoms. The second-order valence-corrected chi connectivity index (χ2v) is 4.03. The quantitative estimate of drug-likeness (QED) is 0.756. The predicted molar refractivity (Wildman–Crippen MR) is 64.3 cm³/mol. The van der Waals surface area contributed by atoms with E-state index in [1.807, 2.05) is 13.8 Å². The highest BCUT2D eigenvalue weighted by Crippen LogP contribution is 2.16. The van der Waals surface area contributed by atoms with Crippen molar-refractivity contribution in [1.29, 1.82) is 0 Å². The fourth-order valence-electron chi connectivity index (χ4n) is 1.52. The second-order valence-electron chi connectivity index (χ2n) is 4.03. The molecular formula is C14H14O3. The molecule has 0 N–H and O–H groups in total. The van der Waals surface area contributed by atoms with Crippen LogP contribution in [0.2, 0.25) is 0 Å². The highest BCUT2D eigenvalue weighted by atomic mass is 16.5. The van der Waals surface area contributed by atoms with Crippen LogP contribution >= 0.6 is 0 Å². The van der Waals surface area contributed by atoms with Crippen LogP contribution in [0.5, 0.6) is 5.75 Å². The van der Waals surface area contributed by atoms with Gasteiger partial charge in [0.1, 0.15) is 12.0 Å². The van der Waals surface area contributed by atoms with Gasteiger partial charge in [-0.3, -0.25) is 4.79 Å². The molecular weight excluding hydrogens is 216 g/mol. The van der Waals surface area contributed by atoms with Crippen LogP contribution in [0.4, 0.5) is 0 Å². The Morgan fingerprint density at radius 1 is 1.12 bits per heavy atom. The third-order valence-corrected chi connectivity index (χ3v) is 2.27. The van der Waals surface area contributed by atoms with Gasteiger partial charge in [0.25, 0.3) is 0 Å². The van der Waals surface area contributed by atoms with Crippen LogP contribution in [-0.2, 0) is 0 Å². The first-order valence-electron chi connectivity index (χ1n) is 5.50. The predicted octanol–water partition coefficient (Wildman–Crippen LogP) is 3.30. The zero-order valence-electron chi connectivity index (χ0n) is 9.84. The number of rotatable bonds is 4. The molecule has 17 heavy (non-hydrogen) atoms. The van der Waals surface area contributed by atoms with Crippen molar-refractivity contribution in [3.8, 4) is 5.75 Å². The van der Waals surface area contributed by atoms with E-state index in [0.717, 1.165) is 5.75 Å². The molecule has 2 aromatic rings. The number of hydrogen-bond donors (Lipinski definition) is 0. The zero-order valence-corrected chi connectivity index (χ0v) is 9.84. The summed E-state index contributed by atoms with van der Waals surface area (Å²) in [6.45, 7) is 3.93. The van der Waals surface area contributed by atoms with Crippen molar-refractivity contribution in [2.75, 3.05) is 0 Å². The fraction of sp³-hybridized carbons (Fsp3) is 0.214. The minimum atomic E-state index is -0.0464. The van der Waals surface area contributed by atoms with Gasteiger partial charge < -0.3 is 9.15 Å². The molecule has 0 bridgehead atoms. The van der Waals surface area contributed by atoms with Crippen LogP contribution in [0.3, 0.4) is 0 Å². The maximum absolute atomic E-state index is 11.9. The summed E-state index contributed by atoms with van der Waals surface area (Å²) < 4.78 is 10.4. The third-order valence-electron chi connectivity index (χ3n) is 2.27. The van der Waals surface area contributed by atoms with Gasteiger partial charge in [0, 0.05) is 5.56 Å². The average Bonchev–Trinajstić information content (AvgIpc) is 2.82. The Kier molecular flexibility index (Phi) is 3.28. The second kappa shape index (κ2) is 4.87. The topological polar surface area (TPSA) is 39.4 Å². The Morgan fingerprint density at radius 3 is 2.35 bits per heavy atom. The van der Waals surface area contributed by atoms with Crippen molar-refractivity contribution in [2.24, 2.45) is 0 Å². The van der Waals surface area contributed by atoms with Crippen molar-refractivity contribution in [2.45, 2.75) is 20.0 Å². The molecule has 0 radical (unpaired) electrons. The van der Waals surface area contributed by atoms with E-state index in [9.17, 15) is 4.79 Å². The first-order chi connectivity index (χ1) is 8.16. The molecule has 1 aromatic carbocycles. The van der Waals surface area contributed by atoms with E-state index in [2.05, 4.69) is 0 Å². The van der Waals surface area contributed by atoms with Crippen LogP contribution in [0, 0.1) is 0 Å². The first-order valence-corrected chi connectivity index (χ1v) is 5.50. The maximum Gasteiger partial charge on any atom is 0.196 e. The van der Waals surface area contributed by atoms with Crippen LogP contribution in [0.15, 0.2) is 47.3 Å². The Labute approximate surface area is 100 Å². The monoisotopic (exact) mass is 230 g/mol. The molecule has 0 unspecified atom stereocenters. The van der Waals surface area contributed by atoms with E-state index >= 15 is 0 Å². The van der Waals surface area contributed by atoms with Gasteiger partial charge in [-0.1, -0.05) is 0 Å². The lowest BCUT2D eigenvalue weighted by atomic mass is 10.1. The van der Waals surface area contributed by atoms with Crippen molar-refractivity contribution < 1.29 is 13.9 Å². The molecule has 0 fully saturated rings. The summed E-state index contributed by atoms with van der Waals surface area (Å²) in [5.41, 5.74) is 1.19. The molecule has 0 aliphatic heterocycles. The Bertz CT molecular complexity index is 481. The molecule has 0 atom stereocenters. The lowest BCUT2D eigenvalue weighted by Gasteiger charge is -2.09. The van der Waals surface area contributed by atoms with E-state index in [1.165, 1.54) is 12.5 Å². The zero-order chi connectivity index (χ0) is 12.3. The molecule has 0 aliphatic carbocycles. The molecule has 0 saturated heterocycles. The van der Waals surface area contributed by atoms with Gasteiger partial charge in [-0.2, -0.15) is 0 Å². The van der Waals surface area contributed by atoms with Crippen LogP contribution < -0.4 is 4.74 Å². The van der Waals surface area contributed by atoms with Gasteiger partial charge in [-0.25, -0.2) is 0 Å². The SMILES string of the molecule is CC(C)Oc1ccc(C(=O)c2ccoc2)cc1. The number of benzene rings is 1. The van der Waals surface area contributed by atoms with E-state index in [4.69, 9.17) is 9.15 Å². The molecule has 0 spiro atoms. The van der Waals surface area contributed by atoms with Crippen molar-refractivity contribution in [1.82, 2.24) is 0 Å². The number of carbonyl (C=O) groups excluding carboxylic acids is 1. The van der Waals surface area contributed by atoms with E-state index in [0.29, 0.717) is 11.1 Å². The summed E-state index contributed by atoms with van der Waals surface area (Å²) in [6, 6.07) is 8.77. The largest absolute Gasteiger partial charge is 0.491 e. The summed E-state index contributed by atoms with van der Waals surface area (Å²) in [6.07, 6.45) is 3.06. The molecule has 3 nitrogen and oxygen atoms in total. The standard InChI is InChI=1S/C14H14O3/c1-10(2)17-13-5-3-11(4-6-13)14(15)12-7-8-16-9-12/h3-10H,1-2H3. The van der Waals surface area contributed by atoms with Crippen molar-refractivity contribution in [3.63, 3.8) is 0 Å². The Balaban J connectivity index is 2.15. The summed E-state index contributed by atoms with van der Waals surface area (Å²) in [7, 11) is 0. The van der Waals surface area contributed by atoms with Crippen LogP contribution in [-0.4, -0.2) is 11.9 Å². The maximum atomic E-state index is 11.9. The molecule has 0 saturated carbocycles. The van der Waals surface area contributed by atoms with E-state index in [1.54, 1.807) is 30.3 Å². The molecule has 0 amide bonds. The number of furan rings is 1. The molecule has 0 aliphatic rings. The molecule has 2 rings (SSSR count). The van der Waals surface area contributed by atoms with Gasteiger partial charge in [0.05, 0.1) is 17.9 Å². The smallest absolute Gasteiger partial charge is 0.196 e. The number of ketones is 1. The first kappa shape index (κ1) is 11.5. The summed E-state index contributed by atoms with van der Waals surface area (Å²) in [4.78, 5) is 11.9. The number of hydrogen-bond acceptors (Lipinski definition) is 3. The normalized spacial score (nSPS) is 10.5. The minimum Gasteiger partial charge on any atom is -0.491 e. The number of carbonyl (C=O) groups is 1. The summed E-state index contributed by atoms with van der Waals surface area (Å²) in [5, 5.41) is 0. The lowest BCUT2D eigenvalue weighted by molar-refractivity contribution is 0.103. The molecule has 1 aromatic heterocycles. The van der Waals surface area contributed by atoms with E-state index in [-0.39, 0.29) is 11.9 Å². The average molecular weight is 230 g/mol. The molecule has 88 valence electrons. The van der Waals surface area contributed by atoms with Gasteiger partial charge in [-0.15, -0.1) is 0 Å². The molecule has 1 heterocycles. The van der Waals surface area contributed by atoms with E-state index < -0.39 is 0 Å². The summed E-state index contributed by atoms with van der Waals surface area (Å²) in [5.74, 6) is 0.721. The van der Waals surface area contributed by atoms with Gasteiger partial charge in [0.2, 0.25) is 0 Å². The van der Waals surface area contributed by atoms with Crippen LogP contribution in [0.25, 0.3) is 0 Å². The third kappa shape index (κ3) is 2.75. The lowest BCUT2D eigenvalue weighted by Crippen LogP contribution is -2.06. The van der Waals surface area contributed by atoms with Crippen molar-refractivity contribution >= 4 is 5.78 Å². The highest BCUT2D eigenvalue weighted by Gasteiger charge is 2.10. The van der Waals surface area contributed by atoms with Gasteiger partial charge in [0.15, 0.2) is 5.78 Å². The fourth-order valence-corrected chi connectivity index (χ4v) is 1.52. The highest BCUT2D eigenvalue weighted by molar-refractivity contribution is 6.08. The number of ether oxygens (including phenoxy) is 1. The Morgan fingerprint density at radius 2 is 1.82 bits per heavy atom. The van der Waals surface area contributed by atoms with Crippen LogP contribution in [0.1, 0.15) is 29.8 Å². The Hall–Kier alpha value is -2.03. The minimum absolute atomic E-state index is 0.0464.